The van der Waals surface area contributed by atoms with Gasteiger partial charge in [-0.15, -0.1) is 9.05 Å². The third-order valence-electron chi connectivity index (χ3n) is 1.03. The maximum atomic E-state index is 10.7. The predicted molar refractivity (Wildman–Crippen MR) is 43.5 cm³/mol. The van der Waals surface area contributed by atoms with E-state index in [1.165, 1.54) is 0 Å². The third-order valence-corrected chi connectivity index (χ3v) is 1.89. The second-order valence-electron chi connectivity index (χ2n) is 1.97. The Balaban J connectivity index is 3.04. The number of rotatable bonds is 7. The highest BCUT2D eigenvalue weighted by molar-refractivity contribution is 7.33. The van der Waals surface area contributed by atoms with E-state index in [1.54, 1.807) is 6.92 Å². The monoisotopic (exact) mass is 180 g/mol. The fourth-order valence-electron chi connectivity index (χ4n) is 0.528. The van der Waals surface area contributed by atoms with Crippen LogP contribution in [-0.2, 0) is 13.6 Å². The van der Waals surface area contributed by atoms with Gasteiger partial charge >= 0.3 is 8.25 Å². The van der Waals surface area contributed by atoms with Gasteiger partial charge in [0.25, 0.3) is 0 Å². The first-order valence-electron chi connectivity index (χ1n) is 3.74. The molecule has 0 aliphatic heterocycles. The molecular weight excluding hydrogens is 165 g/mol. The van der Waals surface area contributed by atoms with Gasteiger partial charge in [0.1, 0.15) is 13.2 Å². The highest BCUT2D eigenvalue weighted by Gasteiger charge is 2.17. The number of nitrogens with two attached hydrogens (primary N) is 1. The molecule has 1 unspecified atom stereocenters. The van der Waals surface area contributed by atoms with E-state index in [-0.39, 0.29) is 0 Å². The fraction of sp³-hybridized carbons (Fsp3) is 1.00. The van der Waals surface area contributed by atoms with Crippen LogP contribution in [0.1, 0.15) is 19.8 Å². The molecule has 66 valence electrons. The highest BCUT2D eigenvalue weighted by atomic mass is 31.1. The summed E-state index contributed by atoms with van der Waals surface area (Å²) in [5.74, 6) is 0. The quantitative estimate of drug-likeness (QED) is 0.475. The summed E-state index contributed by atoms with van der Waals surface area (Å²) in [4.78, 5) is 0. The smallest absolute Gasteiger partial charge is 0.330 e. The molecule has 0 heterocycles. The zero-order valence-electron chi connectivity index (χ0n) is 6.78. The maximum Gasteiger partial charge on any atom is 0.697 e. The fourth-order valence-corrected chi connectivity index (χ4v) is 1.09. The molecular formula is C6H15NO3P+. The van der Waals surface area contributed by atoms with Crippen LogP contribution < -0.4 is 5.73 Å². The van der Waals surface area contributed by atoms with E-state index in [4.69, 9.17) is 10.3 Å². The molecule has 0 aromatic carbocycles. The van der Waals surface area contributed by atoms with Crippen LogP contribution in [0, 0.1) is 0 Å². The van der Waals surface area contributed by atoms with E-state index in [1.807, 2.05) is 0 Å². The molecule has 11 heavy (non-hydrogen) atoms. The molecule has 5 heteroatoms. The molecule has 1 atom stereocenters. The van der Waals surface area contributed by atoms with Crippen molar-refractivity contribution in [2.24, 2.45) is 5.73 Å². The number of unbranched alkanes of at least 4 members (excludes halogenated alkanes) is 1. The van der Waals surface area contributed by atoms with Crippen molar-refractivity contribution < 1.29 is 13.6 Å². The van der Waals surface area contributed by atoms with Crippen LogP contribution in [0.5, 0.6) is 0 Å². The summed E-state index contributed by atoms with van der Waals surface area (Å²) in [5, 5.41) is 0. The summed E-state index contributed by atoms with van der Waals surface area (Å²) in [6.07, 6.45) is 1.74. The largest absolute Gasteiger partial charge is 0.697 e. The molecule has 0 aliphatic carbocycles. The zero-order chi connectivity index (χ0) is 8.53. The molecule has 0 radical (unpaired) electrons. The Morgan fingerprint density at radius 2 is 2.09 bits per heavy atom. The van der Waals surface area contributed by atoms with Gasteiger partial charge in [0, 0.05) is 4.57 Å². The van der Waals surface area contributed by atoms with E-state index in [2.05, 4.69) is 4.52 Å². The predicted octanol–water partition coefficient (Wildman–Crippen LogP) is 1.44. The minimum Gasteiger partial charge on any atom is -0.330 e. The molecule has 0 aliphatic rings. The highest BCUT2D eigenvalue weighted by Crippen LogP contribution is 2.23. The van der Waals surface area contributed by atoms with Crippen molar-refractivity contribution >= 4 is 8.25 Å². The van der Waals surface area contributed by atoms with Crippen LogP contribution in [0.15, 0.2) is 0 Å². The van der Waals surface area contributed by atoms with Crippen molar-refractivity contribution in [1.29, 1.82) is 0 Å². The SMILES string of the molecule is CCO[P+](=O)OCCCCN. The lowest BCUT2D eigenvalue weighted by Crippen LogP contribution is -2.00. The van der Waals surface area contributed by atoms with Gasteiger partial charge in [0.05, 0.1) is 0 Å². The molecule has 4 nitrogen and oxygen atoms in total. The molecule has 2 N–H and O–H groups in total. The standard InChI is InChI=1S/C6H15NO3P/c1-2-9-11(8)10-6-4-3-5-7/h2-7H2,1H3/q+1. The lowest BCUT2D eigenvalue weighted by Gasteiger charge is -1.90. The van der Waals surface area contributed by atoms with Crippen LogP contribution in [0.25, 0.3) is 0 Å². The maximum absolute atomic E-state index is 10.7. The summed E-state index contributed by atoms with van der Waals surface area (Å²) >= 11 is 0. The van der Waals surface area contributed by atoms with Gasteiger partial charge in [-0.1, -0.05) is 0 Å². The van der Waals surface area contributed by atoms with Crippen molar-refractivity contribution in [2.75, 3.05) is 19.8 Å². The van der Waals surface area contributed by atoms with Crippen molar-refractivity contribution in [3.8, 4) is 0 Å². The lowest BCUT2D eigenvalue weighted by molar-refractivity contribution is 0.230. The van der Waals surface area contributed by atoms with Gasteiger partial charge in [-0.3, -0.25) is 0 Å². The molecule has 0 bridgehead atoms. The molecule has 0 aromatic heterocycles. The van der Waals surface area contributed by atoms with Crippen molar-refractivity contribution in [3.63, 3.8) is 0 Å². The molecule has 0 fully saturated rings. The Morgan fingerprint density at radius 1 is 1.36 bits per heavy atom. The van der Waals surface area contributed by atoms with Gasteiger partial charge in [-0.05, 0) is 26.3 Å². The van der Waals surface area contributed by atoms with Crippen LogP contribution in [0.2, 0.25) is 0 Å². The Labute approximate surface area is 68.0 Å². The van der Waals surface area contributed by atoms with E-state index in [0.29, 0.717) is 19.8 Å². The lowest BCUT2D eigenvalue weighted by atomic mass is 10.3. The average molecular weight is 180 g/mol. The first kappa shape index (κ1) is 11.0. The Kier molecular flexibility index (Phi) is 8.07. The molecule has 0 amide bonds. The Bertz CT molecular complexity index is 110. The van der Waals surface area contributed by atoms with Crippen LogP contribution >= 0.6 is 8.25 Å². The summed E-state index contributed by atoms with van der Waals surface area (Å²) < 4.78 is 20.2. The second-order valence-corrected chi connectivity index (χ2v) is 2.93. The summed E-state index contributed by atoms with van der Waals surface area (Å²) in [7, 11) is -1.89. The van der Waals surface area contributed by atoms with E-state index >= 15 is 0 Å². The van der Waals surface area contributed by atoms with E-state index in [9.17, 15) is 4.57 Å². The molecule has 0 saturated heterocycles. The number of hydrogen-bond acceptors (Lipinski definition) is 4. The van der Waals surface area contributed by atoms with Crippen LogP contribution in [-0.4, -0.2) is 19.8 Å². The first-order valence-corrected chi connectivity index (χ1v) is 4.84. The molecule has 0 spiro atoms. The summed E-state index contributed by atoms with van der Waals surface area (Å²) in [6.45, 7) is 3.31. The van der Waals surface area contributed by atoms with Crippen LogP contribution in [0.4, 0.5) is 0 Å². The topological polar surface area (TPSA) is 61.5 Å². The summed E-state index contributed by atoms with van der Waals surface area (Å²) in [6, 6.07) is 0. The second kappa shape index (κ2) is 8.08. The van der Waals surface area contributed by atoms with Gasteiger partial charge in [0.15, 0.2) is 0 Å². The summed E-state index contributed by atoms with van der Waals surface area (Å²) in [5.41, 5.74) is 5.24. The van der Waals surface area contributed by atoms with Gasteiger partial charge in [0.2, 0.25) is 0 Å². The van der Waals surface area contributed by atoms with Gasteiger partial charge in [-0.25, -0.2) is 0 Å². The van der Waals surface area contributed by atoms with Crippen molar-refractivity contribution in [3.05, 3.63) is 0 Å². The normalized spacial score (nSPS) is 11.6. The van der Waals surface area contributed by atoms with Crippen LogP contribution in [0.3, 0.4) is 0 Å². The van der Waals surface area contributed by atoms with Gasteiger partial charge in [-0.2, -0.15) is 0 Å². The van der Waals surface area contributed by atoms with Gasteiger partial charge < -0.3 is 5.73 Å². The Hall–Kier alpha value is -0.0200. The van der Waals surface area contributed by atoms with E-state index in [0.717, 1.165) is 12.8 Å². The van der Waals surface area contributed by atoms with E-state index < -0.39 is 8.25 Å². The number of hydrogen-bond donors (Lipinski definition) is 1. The molecule has 0 aromatic rings. The van der Waals surface area contributed by atoms with Crippen molar-refractivity contribution in [1.82, 2.24) is 0 Å². The van der Waals surface area contributed by atoms with Crippen molar-refractivity contribution in [2.45, 2.75) is 19.8 Å². The third kappa shape index (κ3) is 7.88. The minimum absolute atomic E-state index is 0.423. The average Bonchev–Trinajstić information content (AvgIpc) is 1.99. The zero-order valence-corrected chi connectivity index (χ0v) is 7.68. The first-order chi connectivity index (χ1) is 5.31. The Morgan fingerprint density at radius 3 is 2.64 bits per heavy atom. The molecule has 0 rings (SSSR count). The minimum atomic E-state index is -1.89. The molecule has 0 saturated carbocycles.